The largest absolute Gasteiger partial charge is 0.311 e. The maximum Gasteiger partial charge on any atom is 0.00938 e. The van der Waals surface area contributed by atoms with Crippen LogP contribution in [0, 0.1) is 5.92 Å². The van der Waals surface area contributed by atoms with Gasteiger partial charge in [0.2, 0.25) is 0 Å². The summed E-state index contributed by atoms with van der Waals surface area (Å²) in [6.07, 6.45) is 8.56. The molecule has 1 heterocycles. The lowest BCUT2D eigenvalue weighted by Crippen LogP contribution is -2.45. The van der Waals surface area contributed by atoms with Crippen LogP contribution in [0.3, 0.4) is 0 Å². The zero-order valence-corrected chi connectivity index (χ0v) is 11.0. The van der Waals surface area contributed by atoms with Gasteiger partial charge in [-0.1, -0.05) is 26.2 Å². The van der Waals surface area contributed by atoms with Gasteiger partial charge < -0.3 is 10.2 Å². The summed E-state index contributed by atoms with van der Waals surface area (Å²) in [4.78, 5) is 2.56. The van der Waals surface area contributed by atoms with Crippen LogP contribution in [0.4, 0.5) is 0 Å². The number of nitrogens with zero attached hydrogens (tertiary/aromatic N) is 1. The predicted octanol–water partition coefficient (Wildman–Crippen LogP) is 2.64. The van der Waals surface area contributed by atoms with Crippen molar-refractivity contribution in [2.75, 3.05) is 19.6 Å². The monoisotopic (exact) mass is 224 g/mol. The molecule has 0 radical (unpaired) electrons. The van der Waals surface area contributed by atoms with Crippen molar-refractivity contribution in [2.24, 2.45) is 5.92 Å². The average molecular weight is 224 g/mol. The molecule has 1 atom stereocenters. The molecule has 0 aromatic heterocycles. The zero-order chi connectivity index (χ0) is 11.4. The standard InChI is InChI=1S/C14H28N2/c1-3-16-9-7-14(8-10-16)15-12(2)11-13-5-4-6-13/h12-15H,3-11H2,1-2H3. The van der Waals surface area contributed by atoms with Crippen LogP contribution in [0.25, 0.3) is 0 Å². The zero-order valence-electron chi connectivity index (χ0n) is 11.0. The number of likely N-dealkylation sites (tertiary alicyclic amines) is 1. The van der Waals surface area contributed by atoms with E-state index in [2.05, 4.69) is 24.1 Å². The Kier molecular flexibility index (Phi) is 4.66. The fraction of sp³-hybridized carbons (Fsp3) is 1.00. The third-order valence-corrected chi connectivity index (χ3v) is 4.47. The topological polar surface area (TPSA) is 15.3 Å². The Morgan fingerprint density at radius 1 is 1.19 bits per heavy atom. The van der Waals surface area contributed by atoms with E-state index in [9.17, 15) is 0 Å². The van der Waals surface area contributed by atoms with Crippen molar-refractivity contribution in [3.05, 3.63) is 0 Å². The van der Waals surface area contributed by atoms with Crippen molar-refractivity contribution >= 4 is 0 Å². The van der Waals surface area contributed by atoms with Gasteiger partial charge in [0.05, 0.1) is 0 Å². The van der Waals surface area contributed by atoms with Gasteiger partial charge in [-0.25, -0.2) is 0 Å². The normalized spacial score (nSPS) is 26.6. The van der Waals surface area contributed by atoms with Crippen molar-refractivity contribution < 1.29 is 0 Å². The van der Waals surface area contributed by atoms with Crippen molar-refractivity contribution in [2.45, 2.75) is 64.5 Å². The molecule has 1 aliphatic heterocycles. The Bertz CT molecular complexity index is 193. The van der Waals surface area contributed by atoms with Gasteiger partial charge in [-0.3, -0.25) is 0 Å². The second kappa shape index (κ2) is 6.02. The fourth-order valence-corrected chi connectivity index (χ4v) is 3.11. The van der Waals surface area contributed by atoms with E-state index in [0.29, 0.717) is 0 Å². The molecule has 2 aliphatic rings. The number of hydrogen-bond acceptors (Lipinski definition) is 2. The van der Waals surface area contributed by atoms with Gasteiger partial charge in [-0.15, -0.1) is 0 Å². The molecular weight excluding hydrogens is 196 g/mol. The van der Waals surface area contributed by atoms with E-state index >= 15 is 0 Å². The highest BCUT2D eigenvalue weighted by Crippen LogP contribution is 2.30. The van der Waals surface area contributed by atoms with E-state index in [1.165, 1.54) is 58.2 Å². The molecular formula is C14H28N2. The molecule has 0 spiro atoms. The Morgan fingerprint density at radius 3 is 2.38 bits per heavy atom. The summed E-state index contributed by atoms with van der Waals surface area (Å²) in [5.74, 6) is 1.04. The summed E-state index contributed by atoms with van der Waals surface area (Å²) in [6.45, 7) is 8.47. The van der Waals surface area contributed by atoms with Crippen LogP contribution in [0.5, 0.6) is 0 Å². The second-order valence-corrected chi connectivity index (χ2v) is 5.81. The molecule has 94 valence electrons. The van der Waals surface area contributed by atoms with Gasteiger partial charge in [0.15, 0.2) is 0 Å². The van der Waals surface area contributed by atoms with Crippen molar-refractivity contribution in [3.63, 3.8) is 0 Å². The van der Waals surface area contributed by atoms with Crippen LogP contribution in [0.1, 0.15) is 52.4 Å². The summed E-state index contributed by atoms with van der Waals surface area (Å²) in [5, 5.41) is 3.84. The van der Waals surface area contributed by atoms with Gasteiger partial charge >= 0.3 is 0 Å². The van der Waals surface area contributed by atoms with Gasteiger partial charge in [-0.05, 0) is 51.7 Å². The fourth-order valence-electron chi connectivity index (χ4n) is 3.11. The molecule has 2 heteroatoms. The van der Waals surface area contributed by atoms with E-state index in [-0.39, 0.29) is 0 Å². The highest BCUT2D eigenvalue weighted by molar-refractivity contribution is 4.81. The van der Waals surface area contributed by atoms with Gasteiger partial charge in [0, 0.05) is 12.1 Å². The van der Waals surface area contributed by atoms with Gasteiger partial charge in [0.25, 0.3) is 0 Å². The molecule has 1 saturated heterocycles. The molecule has 0 amide bonds. The van der Waals surface area contributed by atoms with Crippen molar-refractivity contribution in [1.82, 2.24) is 10.2 Å². The maximum absolute atomic E-state index is 3.84. The Labute approximate surface area is 101 Å². The molecule has 1 aliphatic carbocycles. The van der Waals surface area contributed by atoms with Gasteiger partial charge in [0.1, 0.15) is 0 Å². The molecule has 2 rings (SSSR count). The van der Waals surface area contributed by atoms with Crippen LogP contribution in [0.15, 0.2) is 0 Å². The minimum absolute atomic E-state index is 0.739. The van der Waals surface area contributed by atoms with E-state index in [4.69, 9.17) is 0 Å². The molecule has 1 unspecified atom stereocenters. The molecule has 2 nitrogen and oxygen atoms in total. The highest BCUT2D eigenvalue weighted by atomic mass is 15.1. The minimum atomic E-state index is 0.739. The molecule has 1 saturated carbocycles. The second-order valence-electron chi connectivity index (χ2n) is 5.81. The molecule has 0 aromatic carbocycles. The molecule has 2 fully saturated rings. The first-order valence-corrected chi connectivity index (χ1v) is 7.26. The molecule has 16 heavy (non-hydrogen) atoms. The Morgan fingerprint density at radius 2 is 1.88 bits per heavy atom. The van der Waals surface area contributed by atoms with E-state index < -0.39 is 0 Å². The van der Waals surface area contributed by atoms with Crippen LogP contribution in [-0.2, 0) is 0 Å². The Hall–Kier alpha value is -0.0800. The summed E-state index contributed by atoms with van der Waals surface area (Å²) in [7, 11) is 0. The first-order valence-electron chi connectivity index (χ1n) is 7.26. The average Bonchev–Trinajstić information content (AvgIpc) is 2.25. The van der Waals surface area contributed by atoms with Crippen LogP contribution in [-0.4, -0.2) is 36.6 Å². The molecule has 0 bridgehead atoms. The highest BCUT2D eigenvalue weighted by Gasteiger charge is 2.23. The summed E-state index contributed by atoms with van der Waals surface area (Å²) < 4.78 is 0. The number of nitrogens with one attached hydrogen (secondary N) is 1. The van der Waals surface area contributed by atoms with Crippen LogP contribution in [0.2, 0.25) is 0 Å². The van der Waals surface area contributed by atoms with E-state index in [0.717, 1.165) is 18.0 Å². The summed E-state index contributed by atoms with van der Waals surface area (Å²) >= 11 is 0. The SMILES string of the molecule is CCN1CCC(NC(C)CC2CCC2)CC1. The maximum atomic E-state index is 3.84. The minimum Gasteiger partial charge on any atom is -0.311 e. The molecule has 1 N–H and O–H groups in total. The lowest BCUT2D eigenvalue weighted by atomic mass is 9.81. The van der Waals surface area contributed by atoms with Crippen molar-refractivity contribution in [1.29, 1.82) is 0 Å². The summed E-state index contributed by atoms with van der Waals surface area (Å²) in [5.41, 5.74) is 0. The van der Waals surface area contributed by atoms with Crippen LogP contribution < -0.4 is 5.32 Å². The number of hydrogen-bond donors (Lipinski definition) is 1. The first kappa shape index (κ1) is 12.4. The molecule has 0 aromatic rings. The van der Waals surface area contributed by atoms with Crippen molar-refractivity contribution in [3.8, 4) is 0 Å². The quantitative estimate of drug-likeness (QED) is 0.772. The van der Waals surface area contributed by atoms with Gasteiger partial charge in [-0.2, -0.15) is 0 Å². The number of piperidine rings is 1. The van der Waals surface area contributed by atoms with E-state index in [1.807, 2.05) is 0 Å². The lowest BCUT2D eigenvalue weighted by molar-refractivity contribution is 0.188. The van der Waals surface area contributed by atoms with E-state index in [1.54, 1.807) is 0 Å². The third kappa shape index (κ3) is 3.46. The number of rotatable bonds is 5. The van der Waals surface area contributed by atoms with Crippen LogP contribution >= 0.6 is 0 Å². The lowest BCUT2D eigenvalue weighted by Gasteiger charge is -2.35. The third-order valence-electron chi connectivity index (χ3n) is 4.47. The summed E-state index contributed by atoms with van der Waals surface area (Å²) in [6, 6.07) is 1.53. The smallest absolute Gasteiger partial charge is 0.00938 e. The Balaban J connectivity index is 1.61. The first-order chi connectivity index (χ1) is 7.78. The predicted molar refractivity (Wildman–Crippen MR) is 69.7 cm³/mol.